The van der Waals surface area contributed by atoms with Crippen LogP contribution in [0.15, 0.2) is 26.3 Å². The van der Waals surface area contributed by atoms with Crippen molar-refractivity contribution in [2.75, 3.05) is 13.7 Å². The maximum Gasteiger partial charge on any atom is 0.374 e. The van der Waals surface area contributed by atoms with Crippen molar-refractivity contribution in [3.8, 4) is 6.07 Å². The summed E-state index contributed by atoms with van der Waals surface area (Å²) in [6.45, 7) is 0.988. The van der Waals surface area contributed by atoms with E-state index in [-0.39, 0.29) is 36.8 Å². The molecule has 0 unspecified atom stereocenters. The van der Waals surface area contributed by atoms with Crippen LogP contribution in [0.3, 0.4) is 0 Å². The summed E-state index contributed by atoms with van der Waals surface area (Å²) in [5.41, 5.74) is -1.20. The van der Waals surface area contributed by atoms with Crippen molar-refractivity contribution in [2.45, 2.75) is 20.0 Å². The number of aromatic nitrogens is 2. The van der Waals surface area contributed by atoms with Crippen LogP contribution < -0.4 is 11.2 Å². The van der Waals surface area contributed by atoms with Gasteiger partial charge in [-0.1, -0.05) is 0 Å². The average Bonchev–Trinajstić information content (AvgIpc) is 2.94. The molecule has 2 aromatic rings. The van der Waals surface area contributed by atoms with Gasteiger partial charge in [0.25, 0.3) is 5.56 Å². The van der Waals surface area contributed by atoms with Crippen molar-refractivity contribution in [3.63, 3.8) is 0 Å². The van der Waals surface area contributed by atoms with E-state index >= 15 is 0 Å². The number of carbonyl (C=O) groups is 1. The molecule has 0 amide bonds. The summed E-state index contributed by atoms with van der Waals surface area (Å²) in [7, 11) is 1.21. The van der Waals surface area contributed by atoms with Crippen LogP contribution in [0.1, 0.15) is 27.4 Å². The molecule has 9 nitrogen and oxygen atoms in total. The van der Waals surface area contributed by atoms with E-state index in [2.05, 4.69) is 4.74 Å². The van der Waals surface area contributed by atoms with Gasteiger partial charge in [-0.15, -0.1) is 0 Å². The molecule has 126 valence electrons. The normalized spacial score (nSPS) is 10.4. The maximum atomic E-state index is 12.3. The van der Waals surface area contributed by atoms with E-state index in [0.29, 0.717) is 5.56 Å². The number of aliphatic hydroxyl groups is 1. The first-order chi connectivity index (χ1) is 11.4. The van der Waals surface area contributed by atoms with Crippen molar-refractivity contribution in [1.82, 2.24) is 9.13 Å². The van der Waals surface area contributed by atoms with Gasteiger partial charge < -0.3 is 14.3 Å². The summed E-state index contributed by atoms with van der Waals surface area (Å²) in [4.78, 5) is 36.1. The van der Waals surface area contributed by atoms with Gasteiger partial charge in [0.15, 0.2) is 0 Å². The van der Waals surface area contributed by atoms with E-state index in [1.54, 1.807) is 13.0 Å². The zero-order chi connectivity index (χ0) is 17.9. The predicted octanol–water partition coefficient (Wildman–Crippen LogP) is -0.390. The third-order valence-corrected chi connectivity index (χ3v) is 3.35. The van der Waals surface area contributed by atoms with Crippen LogP contribution in [0.2, 0.25) is 0 Å². The number of hydrogen-bond acceptors (Lipinski definition) is 7. The van der Waals surface area contributed by atoms with E-state index in [9.17, 15) is 14.4 Å². The molecular formula is C15H15N3O6. The number of ether oxygens (including phenoxy) is 1. The van der Waals surface area contributed by atoms with Crippen LogP contribution >= 0.6 is 0 Å². The molecule has 0 aliphatic carbocycles. The second-order valence-electron chi connectivity index (χ2n) is 4.96. The van der Waals surface area contributed by atoms with Crippen LogP contribution in [-0.2, 0) is 17.8 Å². The number of aliphatic hydroxyl groups excluding tert-OH is 1. The molecule has 0 atom stereocenters. The standard InChI is InChI=1S/C15H15N3O6/c1-9-5-11(24-12(9)14(21)23-2)8-18-13(20)10(6-16)7-17(3-4-19)15(18)22/h5,7,19H,3-4,8H2,1-2H3. The SMILES string of the molecule is COC(=O)c1oc(Cn2c(=O)c(C#N)cn(CCO)c2=O)cc1C. The first kappa shape index (κ1) is 17.2. The Morgan fingerprint density at radius 1 is 1.46 bits per heavy atom. The van der Waals surface area contributed by atoms with Gasteiger partial charge >= 0.3 is 11.7 Å². The van der Waals surface area contributed by atoms with Gasteiger partial charge in [-0.05, 0) is 13.0 Å². The molecule has 2 rings (SSSR count). The summed E-state index contributed by atoms with van der Waals surface area (Å²) in [5, 5.41) is 18.0. The lowest BCUT2D eigenvalue weighted by Gasteiger charge is -2.08. The highest BCUT2D eigenvalue weighted by molar-refractivity contribution is 5.87. The molecule has 0 aliphatic rings. The van der Waals surface area contributed by atoms with Gasteiger partial charge in [-0.3, -0.25) is 13.9 Å². The minimum Gasteiger partial charge on any atom is -0.463 e. The molecule has 24 heavy (non-hydrogen) atoms. The van der Waals surface area contributed by atoms with Gasteiger partial charge in [0.05, 0.1) is 26.8 Å². The zero-order valence-electron chi connectivity index (χ0n) is 13.1. The fraction of sp³-hybridized carbons (Fsp3) is 0.333. The summed E-state index contributed by atoms with van der Waals surface area (Å²) in [6, 6.07) is 3.22. The monoisotopic (exact) mass is 333 g/mol. The number of carbonyl (C=O) groups excluding carboxylic acids is 1. The highest BCUT2D eigenvalue weighted by atomic mass is 16.5. The van der Waals surface area contributed by atoms with Crippen molar-refractivity contribution >= 4 is 5.97 Å². The van der Waals surface area contributed by atoms with E-state index in [4.69, 9.17) is 14.8 Å². The minimum absolute atomic E-state index is 0.0207. The van der Waals surface area contributed by atoms with E-state index < -0.39 is 17.2 Å². The number of nitrogens with zero attached hydrogens (tertiary/aromatic N) is 3. The predicted molar refractivity (Wildman–Crippen MR) is 80.6 cm³/mol. The Kier molecular flexibility index (Phi) is 5.01. The molecule has 0 radical (unpaired) electrons. The number of aryl methyl sites for hydroxylation is 1. The minimum atomic E-state index is -0.773. The third-order valence-electron chi connectivity index (χ3n) is 3.35. The van der Waals surface area contributed by atoms with Crippen molar-refractivity contribution in [3.05, 3.63) is 55.7 Å². The fourth-order valence-corrected chi connectivity index (χ4v) is 2.21. The highest BCUT2D eigenvalue weighted by Crippen LogP contribution is 2.16. The molecule has 0 aromatic carbocycles. The average molecular weight is 333 g/mol. The molecule has 0 saturated carbocycles. The highest BCUT2D eigenvalue weighted by Gasteiger charge is 2.18. The lowest BCUT2D eigenvalue weighted by Crippen LogP contribution is -2.41. The van der Waals surface area contributed by atoms with Crippen molar-refractivity contribution < 1.29 is 19.1 Å². The van der Waals surface area contributed by atoms with E-state index in [1.807, 2.05) is 0 Å². The van der Waals surface area contributed by atoms with Gasteiger partial charge in [-0.2, -0.15) is 5.26 Å². The fourth-order valence-electron chi connectivity index (χ4n) is 2.21. The number of nitriles is 1. The van der Waals surface area contributed by atoms with Gasteiger partial charge in [0.1, 0.15) is 17.4 Å². The smallest absolute Gasteiger partial charge is 0.374 e. The van der Waals surface area contributed by atoms with Crippen LogP contribution in [0.5, 0.6) is 0 Å². The molecule has 0 saturated heterocycles. The molecule has 2 aromatic heterocycles. The van der Waals surface area contributed by atoms with Crippen LogP contribution in [0, 0.1) is 18.3 Å². The molecule has 0 spiro atoms. The van der Waals surface area contributed by atoms with E-state index in [0.717, 1.165) is 15.3 Å². The Labute approximate surface area is 135 Å². The molecule has 9 heteroatoms. The van der Waals surface area contributed by atoms with Crippen LogP contribution in [0.4, 0.5) is 0 Å². The van der Waals surface area contributed by atoms with Crippen molar-refractivity contribution in [1.29, 1.82) is 5.26 Å². The summed E-state index contributed by atoms with van der Waals surface area (Å²) >= 11 is 0. The Morgan fingerprint density at radius 3 is 2.75 bits per heavy atom. The molecule has 0 fully saturated rings. The second-order valence-corrected chi connectivity index (χ2v) is 4.96. The molecule has 0 aliphatic heterocycles. The van der Waals surface area contributed by atoms with Gasteiger partial charge in [-0.25, -0.2) is 9.59 Å². The summed E-state index contributed by atoms with van der Waals surface area (Å²) < 4.78 is 11.8. The largest absolute Gasteiger partial charge is 0.463 e. The molecular weight excluding hydrogens is 318 g/mol. The molecule has 2 heterocycles. The number of esters is 1. The Bertz CT molecular complexity index is 928. The second kappa shape index (κ2) is 6.97. The van der Waals surface area contributed by atoms with Crippen LogP contribution in [-0.4, -0.2) is 33.9 Å². The van der Waals surface area contributed by atoms with E-state index in [1.165, 1.54) is 13.2 Å². The van der Waals surface area contributed by atoms with Crippen molar-refractivity contribution in [2.24, 2.45) is 0 Å². The lowest BCUT2D eigenvalue weighted by molar-refractivity contribution is 0.0561. The van der Waals surface area contributed by atoms with Gasteiger partial charge in [0, 0.05) is 11.8 Å². The summed E-state index contributed by atoms with van der Waals surface area (Å²) in [6.07, 6.45) is 1.10. The lowest BCUT2D eigenvalue weighted by atomic mass is 10.2. The first-order valence-corrected chi connectivity index (χ1v) is 6.95. The molecule has 0 bridgehead atoms. The Hall–Kier alpha value is -3.12. The number of rotatable bonds is 5. The van der Waals surface area contributed by atoms with Gasteiger partial charge in [0.2, 0.25) is 5.76 Å². The number of methoxy groups -OCH3 is 1. The summed E-state index contributed by atoms with van der Waals surface area (Å²) in [5.74, 6) is -0.500. The Balaban J connectivity index is 2.52. The molecule has 1 N–H and O–H groups in total. The quantitative estimate of drug-likeness (QED) is 0.738. The Morgan fingerprint density at radius 2 is 2.17 bits per heavy atom. The number of hydrogen-bond donors (Lipinski definition) is 1. The first-order valence-electron chi connectivity index (χ1n) is 6.95. The maximum absolute atomic E-state index is 12.3. The van der Waals surface area contributed by atoms with Crippen LogP contribution in [0.25, 0.3) is 0 Å². The zero-order valence-corrected chi connectivity index (χ0v) is 13.1. The topological polar surface area (TPSA) is 127 Å². The third kappa shape index (κ3) is 3.13. The number of furan rings is 1.